The van der Waals surface area contributed by atoms with Crippen LogP contribution in [0.15, 0.2) is 18.2 Å². The number of aromatic nitrogens is 2. The number of thiophene rings is 1. The van der Waals surface area contributed by atoms with Crippen molar-refractivity contribution < 1.29 is 4.79 Å². The fraction of sp³-hybridized carbons (Fsp3) is 0.214. The number of rotatable bonds is 4. The van der Waals surface area contributed by atoms with Crippen LogP contribution in [0.25, 0.3) is 21.5 Å². The van der Waals surface area contributed by atoms with Gasteiger partial charge in [-0.1, -0.05) is 30.1 Å². The van der Waals surface area contributed by atoms with E-state index in [1.165, 1.54) is 11.3 Å². The topological polar surface area (TPSA) is 42.9 Å². The van der Waals surface area contributed by atoms with Crippen molar-refractivity contribution in [2.45, 2.75) is 19.8 Å². The first-order valence-electron chi connectivity index (χ1n) is 6.35. The zero-order chi connectivity index (χ0) is 15.0. The summed E-state index contributed by atoms with van der Waals surface area (Å²) in [7, 11) is 0. The number of nitrogens with zero attached hydrogens (tertiary/aromatic N) is 2. The number of hydrogen-bond donors (Lipinski definition) is 0. The lowest BCUT2D eigenvalue weighted by Gasteiger charge is -2.03. The molecule has 0 unspecified atom stereocenters. The summed E-state index contributed by atoms with van der Waals surface area (Å²) in [5, 5.41) is 1.02. The van der Waals surface area contributed by atoms with Gasteiger partial charge in [0.15, 0.2) is 5.78 Å². The second kappa shape index (κ2) is 6.01. The highest BCUT2D eigenvalue weighted by molar-refractivity contribution is 7.17. The minimum Gasteiger partial charge on any atom is -0.293 e. The molecule has 2 heterocycles. The number of carbonyl (C=O) groups is 1. The van der Waals surface area contributed by atoms with Crippen LogP contribution in [-0.2, 0) is 0 Å². The molecule has 0 fully saturated rings. The third kappa shape index (κ3) is 2.71. The van der Waals surface area contributed by atoms with Gasteiger partial charge < -0.3 is 0 Å². The van der Waals surface area contributed by atoms with E-state index in [1.54, 1.807) is 6.07 Å². The van der Waals surface area contributed by atoms with Crippen LogP contribution in [0, 0.1) is 0 Å². The number of benzene rings is 1. The van der Waals surface area contributed by atoms with E-state index in [9.17, 15) is 4.79 Å². The highest BCUT2D eigenvalue weighted by Crippen LogP contribution is 2.41. The van der Waals surface area contributed by atoms with Crippen LogP contribution in [-0.4, -0.2) is 14.5 Å². The summed E-state index contributed by atoms with van der Waals surface area (Å²) >= 11 is 15.0. The maximum atomic E-state index is 12.0. The smallest absolute Gasteiger partial charge is 0.172 e. The van der Waals surface area contributed by atoms with Crippen molar-refractivity contribution in [1.29, 1.82) is 0 Å². The van der Waals surface area contributed by atoms with Gasteiger partial charge in [0.2, 0.25) is 0 Å². The van der Waals surface area contributed by atoms with Crippen LogP contribution < -0.4 is 0 Å². The molecule has 0 N–H and O–H groups in total. The molecule has 3 nitrogen and oxygen atoms in total. The number of carbonyl (C=O) groups excluding carboxylic acids is 1. The normalized spacial score (nSPS) is 11.2. The molecule has 0 saturated carbocycles. The summed E-state index contributed by atoms with van der Waals surface area (Å²) in [4.78, 5) is 13.6. The largest absolute Gasteiger partial charge is 0.293 e. The zero-order valence-corrected chi connectivity index (χ0v) is 14.2. The van der Waals surface area contributed by atoms with Crippen LogP contribution >= 0.6 is 46.3 Å². The highest BCUT2D eigenvalue weighted by Gasteiger charge is 2.18. The van der Waals surface area contributed by atoms with Gasteiger partial charge in [0.1, 0.15) is 11.0 Å². The maximum absolute atomic E-state index is 12.0. The Balaban J connectivity index is 2.13. The number of fused-ring (bicyclic) bond motifs is 1. The second-order valence-electron chi connectivity index (χ2n) is 4.51. The van der Waals surface area contributed by atoms with Gasteiger partial charge in [0.05, 0.1) is 26.7 Å². The van der Waals surface area contributed by atoms with Crippen molar-refractivity contribution in [3.63, 3.8) is 0 Å². The lowest BCUT2D eigenvalue weighted by Crippen LogP contribution is -1.93. The van der Waals surface area contributed by atoms with E-state index in [2.05, 4.69) is 8.75 Å². The maximum Gasteiger partial charge on any atom is 0.172 e. The summed E-state index contributed by atoms with van der Waals surface area (Å²) in [6.45, 7) is 1.99. The summed E-state index contributed by atoms with van der Waals surface area (Å²) in [6.07, 6.45) is 1.40. The van der Waals surface area contributed by atoms with Crippen LogP contribution in [0.4, 0.5) is 0 Å². The lowest BCUT2D eigenvalue weighted by molar-refractivity contribution is 0.0985. The Labute approximate surface area is 139 Å². The molecule has 0 spiro atoms. The molecule has 0 saturated heterocycles. The molecule has 0 aliphatic rings. The average molecular weight is 357 g/mol. The Kier molecular flexibility index (Phi) is 4.26. The van der Waals surface area contributed by atoms with Gasteiger partial charge in [-0.2, -0.15) is 8.75 Å². The monoisotopic (exact) mass is 356 g/mol. The molecule has 1 aromatic carbocycles. The van der Waals surface area contributed by atoms with Crippen molar-refractivity contribution in [2.75, 3.05) is 0 Å². The van der Waals surface area contributed by atoms with E-state index in [1.807, 2.05) is 19.1 Å². The molecular weight excluding hydrogens is 347 g/mol. The van der Waals surface area contributed by atoms with E-state index in [-0.39, 0.29) is 5.78 Å². The number of Topliss-reactive ketones (excluding diaryl/α,β-unsaturated/α-hetero) is 1. The van der Waals surface area contributed by atoms with E-state index in [0.717, 1.165) is 33.5 Å². The molecule has 0 atom stereocenters. The van der Waals surface area contributed by atoms with E-state index in [0.29, 0.717) is 27.5 Å². The minimum atomic E-state index is 0.159. The van der Waals surface area contributed by atoms with Crippen LogP contribution in [0.3, 0.4) is 0 Å². The molecule has 2 aromatic heterocycles. The van der Waals surface area contributed by atoms with Gasteiger partial charge in [0, 0.05) is 16.9 Å². The van der Waals surface area contributed by atoms with Gasteiger partial charge >= 0.3 is 0 Å². The molecule has 0 bridgehead atoms. The predicted molar refractivity (Wildman–Crippen MR) is 90.0 cm³/mol. The number of hydrogen-bond acceptors (Lipinski definition) is 5. The molecule has 0 amide bonds. The standard InChI is InChI=1S/C14H10Cl2N2OS2/c1-2-3-9(19)10-4-5-11(20-10)12-7(15)6-8(16)13-14(12)18-21-17-13/h4-6H,2-3H2,1H3. The predicted octanol–water partition coefficient (Wildman–Crippen LogP) is 5.71. The molecule has 0 radical (unpaired) electrons. The zero-order valence-electron chi connectivity index (χ0n) is 11.0. The summed E-state index contributed by atoms with van der Waals surface area (Å²) in [6, 6.07) is 5.42. The second-order valence-corrected chi connectivity index (χ2v) is 6.94. The average Bonchev–Trinajstić information content (AvgIpc) is 3.08. The SMILES string of the molecule is CCCC(=O)c1ccc(-c2c(Cl)cc(Cl)c3nsnc23)s1. The molecule has 7 heteroatoms. The third-order valence-electron chi connectivity index (χ3n) is 3.05. The van der Waals surface area contributed by atoms with Gasteiger partial charge in [0.25, 0.3) is 0 Å². The Hall–Kier alpha value is -1.01. The van der Waals surface area contributed by atoms with Gasteiger partial charge in [-0.3, -0.25) is 4.79 Å². The third-order valence-corrected chi connectivity index (χ3v) is 5.31. The van der Waals surface area contributed by atoms with Crippen molar-refractivity contribution >= 4 is 63.1 Å². The Morgan fingerprint density at radius 1 is 1.19 bits per heavy atom. The van der Waals surface area contributed by atoms with Crippen LogP contribution in [0.2, 0.25) is 10.0 Å². The van der Waals surface area contributed by atoms with Crippen molar-refractivity contribution in [1.82, 2.24) is 8.75 Å². The molecule has 0 aliphatic heterocycles. The molecule has 21 heavy (non-hydrogen) atoms. The Morgan fingerprint density at radius 3 is 2.71 bits per heavy atom. The lowest BCUT2D eigenvalue weighted by atomic mass is 10.1. The van der Waals surface area contributed by atoms with Gasteiger partial charge in [-0.25, -0.2) is 0 Å². The number of halogens is 2. The molecule has 3 aromatic rings. The quantitative estimate of drug-likeness (QED) is 0.562. The van der Waals surface area contributed by atoms with Crippen molar-refractivity contribution in [3.05, 3.63) is 33.1 Å². The van der Waals surface area contributed by atoms with Gasteiger partial charge in [-0.15, -0.1) is 11.3 Å². The first kappa shape index (κ1) is 14.9. The molecule has 3 rings (SSSR count). The van der Waals surface area contributed by atoms with E-state index < -0.39 is 0 Å². The van der Waals surface area contributed by atoms with E-state index >= 15 is 0 Å². The number of ketones is 1. The van der Waals surface area contributed by atoms with Crippen LogP contribution in [0.5, 0.6) is 0 Å². The fourth-order valence-corrected chi connectivity index (χ4v) is 4.38. The molecule has 0 aliphatic carbocycles. The summed E-state index contributed by atoms with van der Waals surface area (Å²) < 4.78 is 8.49. The summed E-state index contributed by atoms with van der Waals surface area (Å²) in [5.41, 5.74) is 2.13. The first-order chi connectivity index (χ1) is 10.1. The van der Waals surface area contributed by atoms with Gasteiger partial charge in [-0.05, 0) is 24.6 Å². The minimum absolute atomic E-state index is 0.159. The summed E-state index contributed by atoms with van der Waals surface area (Å²) in [5.74, 6) is 0.159. The van der Waals surface area contributed by atoms with E-state index in [4.69, 9.17) is 23.2 Å². The molecular formula is C14H10Cl2N2OS2. The molecule has 108 valence electrons. The van der Waals surface area contributed by atoms with Crippen LogP contribution in [0.1, 0.15) is 29.4 Å². The van der Waals surface area contributed by atoms with Crippen molar-refractivity contribution in [2.24, 2.45) is 0 Å². The van der Waals surface area contributed by atoms with Crippen molar-refractivity contribution in [3.8, 4) is 10.4 Å². The Morgan fingerprint density at radius 2 is 1.95 bits per heavy atom. The highest BCUT2D eigenvalue weighted by atomic mass is 35.5. The fourth-order valence-electron chi connectivity index (χ4n) is 2.08. The Bertz CT molecular complexity index is 826. The first-order valence-corrected chi connectivity index (χ1v) is 8.65.